The zero-order chi connectivity index (χ0) is 13.7. The molecule has 3 nitrogen and oxygen atoms in total. The van der Waals surface area contributed by atoms with Crippen molar-refractivity contribution < 1.29 is 9.13 Å². The lowest BCUT2D eigenvalue weighted by molar-refractivity contribution is 0.286. The maximum absolute atomic E-state index is 13.5. The van der Waals surface area contributed by atoms with Crippen molar-refractivity contribution in [3.05, 3.63) is 45.7 Å². The van der Waals surface area contributed by atoms with Crippen LogP contribution < -0.4 is 10.1 Å². The summed E-state index contributed by atoms with van der Waals surface area (Å²) in [5.74, 6) is -0.0602. The molecule has 1 aromatic heterocycles. The number of thiazole rings is 1. The number of aromatic nitrogens is 1. The minimum atomic E-state index is -0.339. The van der Waals surface area contributed by atoms with Gasteiger partial charge in [-0.15, -0.1) is 11.3 Å². The molecule has 0 amide bonds. The van der Waals surface area contributed by atoms with Gasteiger partial charge in [-0.3, -0.25) is 0 Å². The lowest BCUT2D eigenvalue weighted by Gasteiger charge is -2.06. The molecule has 0 saturated heterocycles. The van der Waals surface area contributed by atoms with Crippen molar-refractivity contribution in [1.29, 1.82) is 0 Å². The van der Waals surface area contributed by atoms with Crippen molar-refractivity contribution in [3.63, 3.8) is 0 Å². The van der Waals surface area contributed by atoms with Crippen LogP contribution in [0, 0.1) is 12.7 Å². The van der Waals surface area contributed by atoms with Gasteiger partial charge >= 0.3 is 0 Å². The lowest BCUT2D eigenvalue weighted by atomic mass is 10.2. The summed E-state index contributed by atoms with van der Waals surface area (Å²) in [5.41, 5.74) is 1.81. The van der Waals surface area contributed by atoms with E-state index in [9.17, 15) is 4.39 Å². The van der Waals surface area contributed by atoms with Crippen molar-refractivity contribution in [3.8, 4) is 5.75 Å². The van der Waals surface area contributed by atoms with Gasteiger partial charge in [-0.05, 0) is 31.2 Å². The van der Waals surface area contributed by atoms with Crippen LogP contribution in [0.25, 0.3) is 0 Å². The Bertz CT molecular complexity index is 542. The Morgan fingerprint density at radius 1 is 1.42 bits per heavy atom. The van der Waals surface area contributed by atoms with Gasteiger partial charge in [-0.1, -0.05) is 13.0 Å². The molecule has 0 spiro atoms. The second-order valence-electron chi connectivity index (χ2n) is 4.24. The summed E-state index contributed by atoms with van der Waals surface area (Å²) in [6.07, 6.45) is 0. The first-order valence-electron chi connectivity index (χ1n) is 6.22. The van der Waals surface area contributed by atoms with E-state index in [2.05, 4.69) is 17.2 Å². The van der Waals surface area contributed by atoms with Crippen LogP contribution in [0.4, 0.5) is 4.39 Å². The molecule has 0 unspecified atom stereocenters. The van der Waals surface area contributed by atoms with E-state index in [1.165, 1.54) is 6.07 Å². The van der Waals surface area contributed by atoms with E-state index in [0.717, 1.165) is 29.4 Å². The zero-order valence-electron chi connectivity index (χ0n) is 11.1. The van der Waals surface area contributed by atoms with Crippen molar-refractivity contribution in [2.75, 3.05) is 6.54 Å². The first-order valence-corrected chi connectivity index (χ1v) is 7.10. The molecule has 2 rings (SSSR count). The highest BCUT2D eigenvalue weighted by atomic mass is 32.1. The average molecular weight is 280 g/mol. The Balaban J connectivity index is 1.94. The van der Waals surface area contributed by atoms with E-state index in [1.807, 2.05) is 12.3 Å². The second kappa shape index (κ2) is 6.63. The van der Waals surface area contributed by atoms with E-state index in [4.69, 9.17) is 4.74 Å². The molecule has 0 bridgehead atoms. The third kappa shape index (κ3) is 4.01. The number of hydrogen-bond donors (Lipinski definition) is 1. The van der Waals surface area contributed by atoms with Crippen molar-refractivity contribution in [2.24, 2.45) is 0 Å². The van der Waals surface area contributed by atoms with Gasteiger partial charge in [0.2, 0.25) is 0 Å². The second-order valence-corrected chi connectivity index (χ2v) is 5.18. The Morgan fingerprint density at radius 2 is 2.26 bits per heavy atom. The Labute approximate surface area is 116 Å². The molecule has 1 N–H and O–H groups in total. The molecule has 0 aliphatic heterocycles. The predicted octanol–water partition coefficient (Wildman–Crippen LogP) is 3.28. The zero-order valence-corrected chi connectivity index (χ0v) is 11.9. The van der Waals surface area contributed by atoms with Crippen LogP contribution >= 0.6 is 11.3 Å². The Hall–Kier alpha value is -1.46. The van der Waals surface area contributed by atoms with Crippen LogP contribution in [0.5, 0.6) is 5.75 Å². The monoisotopic (exact) mass is 280 g/mol. The highest BCUT2D eigenvalue weighted by Gasteiger charge is 2.06. The molecule has 0 saturated carbocycles. The molecule has 0 radical (unpaired) electrons. The molecule has 0 atom stereocenters. The number of rotatable bonds is 6. The lowest BCUT2D eigenvalue weighted by Crippen LogP contribution is -2.11. The highest BCUT2D eigenvalue weighted by Crippen LogP contribution is 2.20. The standard InChI is InChI=1S/C14H17FN2OS/c1-3-16-7-14-17-11(9-19-14)8-18-13-6-10(2)4-5-12(13)15/h4-6,9,16H,3,7-8H2,1-2H3. The van der Waals surface area contributed by atoms with E-state index in [1.54, 1.807) is 23.5 Å². The van der Waals surface area contributed by atoms with Crippen LogP contribution in [-0.2, 0) is 13.2 Å². The first-order chi connectivity index (χ1) is 9.19. The summed E-state index contributed by atoms with van der Waals surface area (Å²) in [5, 5.41) is 6.18. The summed E-state index contributed by atoms with van der Waals surface area (Å²) < 4.78 is 19.0. The van der Waals surface area contributed by atoms with E-state index < -0.39 is 0 Å². The number of hydrogen-bond acceptors (Lipinski definition) is 4. The van der Waals surface area contributed by atoms with Gasteiger partial charge in [0.25, 0.3) is 0 Å². The van der Waals surface area contributed by atoms with E-state index >= 15 is 0 Å². The average Bonchev–Trinajstić information content (AvgIpc) is 2.85. The summed E-state index contributed by atoms with van der Waals surface area (Å²) in [7, 11) is 0. The molecule has 2 aromatic rings. The summed E-state index contributed by atoms with van der Waals surface area (Å²) in [6.45, 7) is 5.94. The summed E-state index contributed by atoms with van der Waals surface area (Å²) in [6, 6.07) is 4.84. The quantitative estimate of drug-likeness (QED) is 0.881. The number of aryl methyl sites for hydroxylation is 1. The third-order valence-electron chi connectivity index (χ3n) is 2.59. The minimum absolute atomic E-state index is 0.279. The maximum atomic E-state index is 13.5. The predicted molar refractivity (Wildman–Crippen MR) is 75.0 cm³/mol. The number of benzene rings is 1. The van der Waals surface area contributed by atoms with E-state index in [-0.39, 0.29) is 11.6 Å². The molecule has 5 heteroatoms. The van der Waals surface area contributed by atoms with Crippen LogP contribution in [0.2, 0.25) is 0 Å². The highest BCUT2D eigenvalue weighted by molar-refractivity contribution is 7.09. The smallest absolute Gasteiger partial charge is 0.165 e. The summed E-state index contributed by atoms with van der Waals surface area (Å²) >= 11 is 1.58. The molecule has 1 heterocycles. The molecule has 0 aliphatic carbocycles. The first kappa shape index (κ1) is 14.0. The fourth-order valence-electron chi connectivity index (χ4n) is 1.60. The largest absolute Gasteiger partial charge is 0.484 e. The fourth-order valence-corrected chi connectivity index (χ4v) is 2.35. The third-order valence-corrected chi connectivity index (χ3v) is 3.49. The fraction of sp³-hybridized carbons (Fsp3) is 0.357. The van der Waals surface area contributed by atoms with Crippen LogP contribution in [-0.4, -0.2) is 11.5 Å². The normalized spacial score (nSPS) is 10.7. The Morgan fingerprint density at radius 3 is 3.05 bits per heavy atom. The Kier molecular flexibility index (Phi) is 4.87. The molecule has 102 valence electrons. The van der Waals surface area contributed by atoms with Gasteiger partial charge < -0.3 is 10.1 Å². The van der Waals surface area contributed by atoms with Gasteiger partial charge in [-0.2, -0.15) is 0 Å². The van der Waals surface area contributed by atoms with Gasteiger partial charge in [0.05, 0.1) is 5.69 Å². The SMILES string of the molecule is CCNCc1nc(COc2cc(C)ccc2F)cs1. The van der Waals surface area contributed by atoms with Gasteiger partial charge in [-0.25, -0.2) is 9.37 Å². The van der Waals surface area contributed by atoms with Gasteiger partial charge in [0, 0.05) is 11.9 Å². The molecule has 0 fully saturated rings. The van der Waals surface area contributed by atoms with Crippen molar-refractivity contribution >= 4 is 11.3 Å². The van der Waals surface area contributed by atoms with Crippen molar-refractivity contribution in [2.45, 2.75) is 27.0 Å². The van der Waals surface area contributed by atoms with Crippen LogP contribution in [0.1, 0.15) is 23.2 Å². The molecule has 0 aliphatic rings. The maximum Gasteiger partial charge on any atom is 0.165 e. The minimum Gasteiger partial charge on any atom is -0.484 e. The number of ether oxygens (including phenoxy) is 1. The van der Waals surface area contributed by atoms with Gasteiger partial charge in [0.15, 0.2) is 11.6 Å². The topological polar surface area (TPSA) is 34.2 Å². The van der Waals surface area contributed by atoms with Crippen LogP contribution in [0.3, 0.4) is 0 Å². The molecular formula is C14H17FN2OS. The number of nitrogens with one attached hydrogen (secondary N) is 1. The summed E-state index contributed by atoms with van der Waals surface area (Å²) in [4.78, 5) is 4.42. The number of nitrogens with zero attached hydrogens (tertiary/aromatic N) is 1. The van der Waals surface area contributed by atoms with E-state index in [0.29, 0.717) is 6.61 Å². The molecule has 19 heavy (non-hydrogen) atoms. The van der Waals surface area contributed by atoms with Crippen LogP contribution in [0.15, 0.2) is 23.6 Å². The number of halogens is 1. The van der Waals surface area contributed by atoms with Crippen molar-refractivity contribution in [1.82, 2.24) is 10.3 Å². The van der Waals surface area contributed by atoms with Gasteiger partial charge in [0.1, 0.15) is 11.6 Å². The molecule has 1 aromatic carbocycles. The molecular weight excluding hydrogens is 263 g/mol.